The van der Waals surface area contributed by atoms with Crippen LogP contribution in [0.2, 0.25) is 0 Å². The summed E-state index contributed by atoms with van der Waals surface area (Å²) in [6.45, 7) is 14.5. The van der Waals surface area contributed by atoms with Crippen LogP contribution in [0, 0.1) is 12.8 Å². The van der Waals surface area contributed by atoms with E-state index in [1.165, 1.54) is 12.1 Å². The molecule has 0 radical (unpaired) electrons. The van der Waals surface area contributed by atoms with Crippen LogP contribution < -0.4 is 4.72 Å². The second-order valence-electron chi connectivity index (χ2n) is 7.18. The third kappa shape index (κ3) is 5.76. The first kappa shape index (κ1) is 20.4. The smallest absolute Gasteiger partial charge is 0.335 e. The molecule has 0 heterocycles. The molecule has 0 bridgehead atoms. The van der Waals surface area contributed by atoms with Gasteiger partial charge in [-0.2, -0.15) is 0 Å². The van der Waals surface area contributed by atoms with E-state index in [4.69, 9.17) is 4.74 Å². The first-order valence-electron chi connectivity index (χ1n) is 7.84. The summed E-state index contributed by atoms with van der Waals surface area (Å²) in [5.74, 6) is -0.766. The lowest BCUT2D eigenvalue weighted by atomic mass is 9.98. The molecule has 0 aliphatic rings. The molecule has 1 N–H and O–H groups in total. The zero-order chi connectivity index (χ0) is 18.7. The van der Waals surface area contributed by atoms with Crippen LogP contribution in [-0.2, 0) is 19.6 Å². The fourth-order valence-corrected chi connectivity index (χ4v) is 3.41. The van der Waals surface area contributed by atoms with Crippen molar-refractivity contribution >= 4 is 16.0 Å². The van der Waals surface area contributed by atoms with Crippen molar-refractivity contribution in [1.29, 1.82) is 0 Å². The minimum Gasteiger partial charge on any atom is -0.457 e. The predicted octanol–water partition coefficient (Wildman–Crippen LogP) is 3.20. The summed E-state index contributed by atoms with van der Waals surface area (Å²) in [7, 11) is -3.76. The normalized spacial score (nSPS) is 13.6. The molecule has 0 aromatic heterocycles. The number of sulfonamides is 1. The largest absolute Gasteiger partial charge is 0.457 e. The van der Waals surface area contributed by atoms with E-state index in [1.807, 2.05) is 20.8 Å². The average molecular weight is 353 g/mol. The Morgan fingerprint density at radius 2 is 1.67 bits per heavy atom. The van der Waals surface area contributed by atoms with Crippen LogP contribution in [0.3, 0.4) is 0 Å². The van der Waals surface area contributed by atoms with E-state index in [0.717, 1.165) is 5.56 Å². The molecular formula is C18H27NO4S. The molecule has 1 atom stereocenters. The molecule has 0 aliphatic heterocycles. The van der Waals surface area contributed by atoms with Crippen LogP contribution in [0.15, 0.2) is 41.3 Å². The topological polar surface area (TPSA) is 72.5 Å². The van der Waals surface area contributed by atoms with Crippen molar-refractivity contribution in [1.82, 2.24) is 4.72 Å². The molecule has 0 amide bonds. The van der Waals surface area contributed by atoms with Gasteiger partial charge >= 0.3 is 5.97 Å². The summed E-state index contributed by atoms with van der Waals surface area (Å²) >= 11 is 0. The Hall–Kier alpha value is -1.66. The number of esters is 1. The van der Waals surface area contributed by atoms with Crippen molar-refractivity contribution in [2.75, 3.05) is 0 Å². The second kappa shape index (κ2) is 7.49. The van der Waals surface area contributed by atoms with E-state index in [-0.39, 0.29) is 16.4 Å². The summed E-state index contributed by atoms with van der Waals surface area (Å²) in [5.41, 5.74) is 0.389. The van der Waals surface area contributed by atoms with Crippen LogP contribution in [0.4, 0.5) is 0 Å². The van der Waals surface area contributed by atoms with Gasteiger partial charge in [-0.15, -0.1) is 0 Å². The van der Waals surface area contributed by atoms with Gasteiger partial charge in [0.05, 0.1) is 10.9 Å². The lowest BCUT2D eigenvalue weighted by Gasteiger charge is -2.26. The van der Waals surface area contributed by atoms with Crippen molar-refractivity contribution in [3.8, 4) is 0 Å². The predicted molar refractivity (Wildman–Crippen MR) is 95.1 cm³/mol. The summed E-state index contributed by atoms with van der Waals surface area (Å²) in [6, 6.07) is 5.77. The number of benzene rings is 1. The Labute approximate surface area is 145 Å². The third-order valence-corrected chi connectivity index (χ3v) is 4.77. The first-order valence-corrected chi connectivity index (χ1v) is 9.33. The van der Waals surface area contributed by atoms with Crippen molar-refractivity contribution in [3.05, 3.63) is 42.0 Å². The van der Waals surface area contributed by atoms with Gasteiger partial charge in [0, 0.05) is 5.57 Å². The fraction of sp³-hybridized carbons (Fsp3) is 0.500. The molecule has 0 saturated heterocycles. The van der Waals surface area contributed by atoms with Crippen LogP contribution >= 0.6 is 0 Å². The quantitative estimate of drug-likeness (QED) is 0.630. The van der Waals surface area contributed by atoms with Crippen LogP contribution in [-0.4, -0.2) is 26.0 Å². The van der Waals surface area contributed by atoms with Crippen molar-refractivity contribution in [2.45, 2.75) is 58.1 Å². The number of aryl methyl sites for hydroxylation is 1. The van der Waals surface area contributed by atoms with Gasteiger partial charge in [-0.05, 0) is 45.7 Å². The fourth-order valence-electron chi connectivity index (χ4n) is 2.03. The minimum absolute atomic E-state index is 0.0932. The highest BCUT2D eigenvalue weighted by Gasteiger charge is 2.30. The van der Waals surface area contributed by atoms with Crippen LogP contribution in [0.25, 0.3) is 0 Å². The zero-order valence-corrected chi connectivity index (χ0v) is 16.0. The number of rotatable bonds is 6. The number of ether oxygens (including phenoxy) is 1. The van der Waals surface area contributed by atoms with E-state index in [9.17, 15) is 13.2 Å². The van der Waals surface area contributed by atoms with Gasteiger partial charge in [0.1, 0.15) is 5.60 Å². The van der Waals surface area contributed by atoms with Crippen molar-refractivity contribution in [2.24, 2.45) is 5.92 Å². The molecule has 134 valence electrons. The standard InChI is InChI=1S/C18H27NO4S/c1-12(2)16(14(4)17(20)23-18(5,6)7)19-24(21,22)15-10-8-13(3)9-11-15/h8-12,16,19H,4H2,1-3,5-7H3/t16-/m0/s1. The molecule has 0 unspecified atom stereocenters. The number of hydrogen-bond donors (Lipinski definition) is 1. The summed E-state index contributed by atoms with van der Waals surface area (Å²) in [5, 5.41) is 0. The van der Waals surface area contributed by atoms with E-state index in [0.29, 0.717) is 0 Å². The first-order chi connectivity index (χ1) is 10.8. The molecule has 5 nitrogen and oxygen atoms in total. The number of hydrogen-bond acceptors (Lipinski definition) is 4. The molecule has 0 saturated carbocycles. The van der Waals surface area contributed by atoms with Crippen molar-refractivity contribution in [3.63, 3.8) is 0 Å². The van der Waals surface area contributed by atoms with Gasteiger partial charge in [-0.3, -0.25) is 0 Å². The number of carbonyl (C=O) groups excluding carboxylic acids is 1. The molecule has 1 aromatic rings. The van der Waals surface area contributed by atoms with E-state index >= 15 is 0 Å². The maximum Gasteiger partial charge on any atom is 0.335 e. The molecular weight excluding hydrogens is 326 g/mol. The number of carbonyl (C=O) groups is 1. The molecule has 6 heteroatoms. The Morgan fingerprint density at radius 3 is 2.08 bits per heavy atom. The lowest BCUT2D eigenvalue weighted by Crippen LogP contribution is -2.42. The molecule has 0 aliphatic carbocycles. The Kier molecular flexibility index (Phi) is 6.36. The summed E-state index contributed by atoms with van der Waals surface area (Å²) in [4.78, 5) is 12.4. The van der Waals surface area contributed by atoms with Crippen LogP contribution in [0.1, 0.15) is 40.2 Å². The van der Waals surface area contributed by atoms with E-state index in [1.54, 1.807) is 32.9 Å². The summed E-state index contributed by atoms with van der Waals surface area (Å²) in [6.07, 6.45) is 0. The van der Waals surface area contributed by atoms with E-state index in [2.05, 4.69) is 11.3 Å². The van der Waals surface area contributed by atoms with Gasteiger partial charge in [0.2, 0.25) is 10.0 Å². The van der Waals surface area contributed by atoms with Gasteiger partial charge in [0.25, 0.3) is 0 Å². The maximum absolute atomic E-state index is 12.6. The minimum atomic E-state index is -3.76. The molecule has 0 spiro atoms. The van der Waals surface area contributed by atoms with Gasteiger partial charge in [-0.25, -0.2) is 17.9 Å². The van der Waals surface area contributed by atoms with E-state index < -0.39 is 27.6 Å². The molecule has 24 heavy (non-hydrogen) atoms. The highest BCUT2D eigenvalue weighted by Crippen LogP contribution is 2.19. The zero-order valence-electron chi connectivity index (χ0n) is 15.2. The van der Waals surface area contributed by atoms with Crippen LogP contribution in [0.5, 0.6) is 0 Å². The summed E-state index contributed by atoms with van der Waals surface area (Å²) < 4.78 is 33.0. The Morgan fingerprint density at radius 1 is 1.17 bits per heavy atom. The van der Waals surface area contributed by atoms with Gasteiger partial charge < -0.3 is 4.74 Å². The van der Waals surface area contributed by atoms with Gasteiger partial charge in [0.15, 0.2) is 0 Å². The molecule has 1 rings (SSSR count). The highest BCUT2D eigenvalue weighted by molar-refractivity contribution is 7.89. The third-order valence-electron chi connectivity index (χ3n) is 3.32. The van der Waals surface area contributed by atoms with Crippen molar-refractivity contribution < 1.29 is 17.9 Å². The SMILES string of the molecule is C=C(C(=O)OC(C)(C)C)[C@@H](NS(=O)(=O)c1ccc(C)cc1)C(C)C. The Balaban J connectivity index is 3.03. The molecule has 0 fully saturated rings. The lowest BCUT2D eigenvalue weighted by molar-refractivity contribution is -0.150. The number of nitrogens with one attached hydrogen (secondary N) is 1. The molecule has 1 aromatic carbocycles. The monoisotopic (exact) mass is 353 g/mol. The highest BCUT2D eigenvalue weighted by atomic mass is 32.2. The average Bonchev–Trinajstić information content (AvgIpc) is 2.42. The maximum atomic E-state index is 12.6. The second-order valence-corrected chi connectivity index (χ2v) is 8.90. The van der Waals surface area contributed by atoms with Gasteiger partial charge in [-0.1, -0.05) is 38.1 Å². The Bertz CT molecular complexity index is 698.